The summed E-state index contributed by atoms with van der Waals surface area (Å²) < 4.78 is 33.2. The third kappa shape index (κ3) is 4.40. The highest BCUT2D eigenvalue weighted by atomic mass is 32.2. The molecule has 0 aliphatic heterocycles. The lowest BCUT2D eigenvalue weighted by Gasteiger charge is -2.11. The van der Waals surface area contributed by atoms with Gasteiger partial charge in [0, 0.05) is 6.20 Å². The number of aromatic nitrogens is 2. The molecular formula is C25H19N3O4S. The fourth-order valence-corrected chi connectivity index (χ4v) is 4.38. The van der Waals surface area contributed by atoms with Crippen LogP contribution in [-0.4, -0.2) is 17.8 Å². The molecule has 4 rings (SSSR count). The Morgan fingerprint density at radius 1 is 1.06 bits per heavy atom. The Balaban J connectivity index is 1.91. The second-order valence-corrected chi connectivity index (χ2v) is 9.02. The van der Waals surface area contributed by atoms with E-state index in [1.165, 1.54) is 22.7 Å². The molecule has 0 amide bonds. The van der Waals surface area contributed by atoms with Crippen molar-refractivity contribution in [1.29, 1.82) is 5.26 Å². The fraction of sp³-hybridized carbons (Fsp3) is 0.0800. The molecule has 0 saturated heterocycles. The minimum atomic E-state index is -4.15. The van der Waals surface area contributed by atoms with Crippen molar-refractivity contribution in [1.82, 2.24) is 9.38 Å². The van der Waals surface area contributed by atoms with Gasteiger partial charge in [0.05, 0.1) is 4.90 Å². The van der Waals surface area contributed by atoms with Crippen LogP contribution in [0.3, 0.4) is 0 Å². The van der Waals surface area contributed by atoms with E-state index >= 15 is 0 Å². The van der Waals surface area contributed by atoms with E-state index in [-0.39, 0.29) is 16.3 Å². The number of fused-ring (bicyclic) bond motifs is 1. The van der Waals surface area contributed by atoms with Gasteiger partial charge in [-0.3, -0.25) is 9.20 Å². The summed E-state index contributed by atoms with van der Waals surface area (Å²) in [4.78, 5) is 17.0. The van der Waals surface area contributed by atoms with Gasteiger partial charge in [-0.1, -0.05) is 43.3 Å². The summed E-state index contributed by atoms with van der Waals surface area (Å²) >= 11 is 0. The largest absolute Gasteiger partial charge is 0.438 e. The smallest absolute Gasteiger partial charge is 0.269 e. The molecular weight excluding hydrogens is 438 g/mol. The van der Waals surface area contributed by atoms with E-state index in [0.29, 0.717) is 11.4 Å². The molecule has 8 heteroatoms. The summed E-state index contributed by atoms with van der Waals surface area (Å²) in [6, 6.07) is 21.5. The number of hydrogen-bond acceptors (Lipinski definition) is 6. The van der Waals surface area contributed by atoms with Crippen LogP contribution < -0.4 is 10.3 Å². The highest BCUT2D eigenvalue weighted by molar-refractivity contribution is 7.95. The van der Waals surface area contributed by atoms with Gasteiger partial charge < -0.3 is 4.74 Å². The number of sulfone groups is 1. The zero-order valence-corrected chi connectivity index (χ0v) is 18.5. The van der Waals surface area contributed by atoms with Crippen LogP contribution in [0.25, 0.3) is 11.7 Å². The molecule has 0 unspecified atom stereocenters. The molecule has 2 heterocycles. The van der Waals surface area contributed by atoms with Gasteiger partial charge in [-0.25, -0.2) is 8.42 Å². The van der Waals surface area contributed by atoms with Crippen molar-refractivity contribution in [2.75, 3.05) is 0 Å². The van der Waals surface area contributed by atoms with Crippen LogP contribution in [0.2, 0.25) is 0 Å². The van der Waals surface area contributed by atoms with Crippen LogP contribution >= 0.6 is 0 Å². The van der Waals surface area contributed by atoms with Crippen molar-refractivity contribution in [3.05, 3.63) is 105 Å². The molecule has 0 bridgehead atoms. The standard InChI is InChI=1S/C25H19N3O4S/c1-2-18-11-13-19(14-12-18)32-24-22(25(29)28-15-7-6-10-23(28)27-24)16-21(17-26)33(30,31)20-8-4-3-5-9-20/h3-16H,2H2,1H3. The fourth-order valence-electron chi connectivity index (χ4n) is 3.22. The average Bonchev–Trinajstić information content (AvgIpc) is 2.85. The van der Waals surface area contributed by atoms with E-state index in [0.717, 1.165) is 18.1 Å². The summed E-state index contributed by atoms with van der Waals surface area (Å²) in [6.45, 7) is 2.03. The van der Waals surface area contributed by atoms with Crippen molar-refractivity contribution < 1.29 is 13.2 Å². The first-order valence-corrected chi connectivity index (χ1v) is 11.6. The predicted octanol–water partition coefficient (Wildman–Crippen LogP) is 4.39. The van der Waals surface area contributed by atoms with Gasteiger partial charge in [0.25, 0.3) is 5.56 Å². The van der Waals surface area contributed by atoms with E-state index in [1.807, 2.05) is 19.1 Å². The van der Waals surface area contributed by atoms with Crippen LogP contribution in [0.15, 0.2) is 93.6 Å². The molecule has 33 heavy (non-hydrogen) atoms. The second-order valence-electron chi connectivity index (χ2n) is 7.10. The lowest BCUT2D eigenvalue weighted by atomic mass is 10.2. The Bertz CT molecular complexity index is 1550. The van der Waals surface area contributed by atoms with Crippen molar-refractivity contribution in [3.8, 4) is 17.7 Å². The Kier molecular flexibility index (Phi) is 6.07. The maximum absolute atomic E-state index is 13.2. The SMILES string of the molecule is CCc1ccc(Oc2nc3ccccn3c(=O)c2C=C(C#N)S(=O)(=O)c2ccccc2)cc1. The number of pyridine rings is 1. The number of ether oxygens (including phenoxy) is 1. The van der Waals surface area contributed by atoms with E-state index in [1.54, 1.807) is 54.6 Å². The second kappa shape index (κ2) is 9.10. The van der Waals surface area contributed by atoms with E-state index in [4.69, 9.17) is 4.74 Å². The van der Waals surface area contributed by atoms with Gasteiger partial charge in [0.2, 0.25) is 15.7 Å². The summed E-state index contributed by atoms with van der Waals surface area (Å²) in [5, 5.41) is 9.66. The molecule has 2 aromatic heterocycles. The highest BCUT2D eigenvalue weighted by Crippen LogP contribution is 2.27. The predicted molar refractivity (Wildman–Crippen MR) is 125 cm³/mol. The summed E-state index contributed by atoms with van der Waals surface area (Å²) in [5.41, 5.74) is 0.727. The first kappa shape index (κ1) is 22.0. The number of hydrogen-bond donors (Lipinski definition) is 0. The van der Waals surface area contributed by atoms with Crippen LogP contribution in [-0.2, 0) is 16.3 Å². The number of aryl methyl sites for hydroxylation is 1. The van der Waals surface area contributed by atoms with Gasteiger partial charge in [0.15, 0.2) is 0 Å². The number of allylic oxidation sites excluding steroid dienone is 1. The minimum Gasteiger partial charge on any atom is -0.438 e. The average molecular weight is 458 g/mol. The summed E-state index contributed by atoms with van der Waals surface area (Å²) in [7, 11) is -4.15. The molecule has 0 N–H and O–H groups in total. The van der Waals surface area contributed by atoms with Gasteiger partial charge in [-0.05, 0) is 54.5 Å². The van der Waals surface area contributed by atoms with Gasteiger partial charge in [-0.2, -0.15) is 10.2 Å². The maximum atomic E-state index is 13.2. The molecule has 0 radical (unpaired) electrons. The molecule has 0 spiro atoms. The molecule has 0 fully saturated rings. The molecule has 0 atom stereocenters. The van der Waals surface area contributed by atoms with Crippen molar-refractivity contribution in [3.63, 3.8) is 0 Å². The van der Waals surface area contributed by atoms with Gasteiger partial charge in [0.1, 0.15) is 27.9 Å². The molecule has 4 aromatic rings. The van der Waals surface area contributed by atoms with E-state index in [9.17, 15) is 18.5 Å². The minimum absolute atomic E-state index is 0.0516. The van der Waals surface area contributed by atoms with Gasteiger partial charge >= 0.3 is 0 Å². The van der Waals surface area contributed by atoms with Crippen LogP contribution in [0, 0.1) is 11.3 Å². The van der Waals surface area contributed by atoms with Gasteiger partial charge in [-0.15, -0.1) is 0 Å². The molecule has 2 aromatic carbocycles. The van der Waals surface area contributed by atoms with Crippen LogP contribution in [0.4, 0.5) is 0 Å². The molecule has 0 aliphatic rings. The Morgan fingerprint density at radius 2 is 1.76 bits per heavy atom. The summed E-state index contributed by atoms with van der Waals surface area (Å²) in [5.74, 6) is 0.338. The lowest BCUT2D eigenvalue weighted by molar-refractivity contribution is 0.461. The van der Waals surface area contributed by atoms with Crippen LogP contribution in [0.1, 0.15) is 18.1 Å². The van der Waals surface area contributed by atoms with E-state index in [2.05, 4.69) is 4.98 Å². The number of nitriles is 1. The molecule has 7 nitrogen and oxygen atoms in total. The zero-order chi connectivity index (χ0) is 23.4. The third-order valence-electron chi connectivity index (χ3n) is 5.01. The number of benzene rings is 2. The lowest BCUT2D eigenvalue weighted by Crippen LogP contribution is -2.19. The number of rotatable bonds is 6. The molecule has 164 valence electrons. The third-order valence-corrected chi connectivity index (χ3v) is 6.69. The zero-order valence-electron chi connectivity index (χ0n) is 17.7. The molecule has 0 saturated carbocycles. The van der Waals surface area contributed by atoms with Crippen molar-refractivity contribution >= 4 is 21.6 Å². The van der Waals surface area contributed by atoms with Crippen molar-refractivity contribution in [2.45, 2.75) is 18.2 Å². The topological polar surface area (TPSA) is 102 Å². The Morgan fingerprint density at radius 3 is 2.42 bits per heavy atom. The Labute approximate surface area is 190 Å². The van der Waals surface area contributed by atoms with E-state index < -0.39 is 20.3 Å². The Hall–Kier alpha value is -4.22. The maximum Gasteiger partial charge on any atom is 0.269 e. The van der Waals surface area contributed by atoms with Crippen molar-refractivity contribution in [2.24, 2.45) is 0 Å². The quantitative estimate of drug-likeness (QED) is 0.398. The number of nitrogens with zero attached hydrogens (tertiary/aromatic N) is 3. The first-order valence-electron chi connectivity index (χ1n) is 10.1. The summed E-state index contributed by atoms with van der Waals surface area (Å²) in [6.07, 6.45) is 3.39. The highest BCUT2D eigenvalue weighted by Gasteiger charge is 2.23. The molecule has 0 aliphatic carbocycles. The normalized spacial score (nSPS) is 11.8. The monoisotopic (exact) mass is 457 g/mol. The van der Waals surface area contributed by atoms with Crippen LogP contribution in [0.5, 0.6) is 11.6 Å². The first-order chi connectivity index (χ1) is 15.9.